The maximum absolute atomic E-state index is 12.6. The Balaban J connectivity index is 1.29. The van der Waals surface area contributed by atoms with Crippen molar-refractivity contribution in [2.45, 2.75) is 19.4 Å². The van der Waals surface area contributed by atoms with E-state index >= 15 is 0 Å². The van der Waals surface area contributed by atoms with Gasteiger partial charge >= 0.3 is 6.03 Å². The highest BCUT2D eigenvalue weighted by molar-refractivity contribution is 5.89. The quantitative estimate of drug-likeness (QED) is 0.845. The van der Waals surface area contributed by atoms with Crippen molar-refractivity contribution in [2.75, 3.05) is 42.9 Å². The Labute approximate surface area is 175 Å². The number of benzene rings is 1. The molecule has 2 aromatic rings. The van der Waals surface area contributed by atoms with Crippen molar-refractivity contribution in [3.63, 3.8) is 0 Å². The molecule has 0 atom stereocenters. The van der Waals surface area contributed by atoms with E-state index in [2.05, 4.69) is 16.4 Å². The number of nitriles is 1. The topological polar surface area (TPSA) is 92.6 Å². The fourth-order valence-corrected chi connectivity index (χ4v) is 3.85. The number of carbonyl (C=O) groups excluding carboxylic acids is 2. The highest BCUT2D eigenvalue weighted by Gasteiger charge is 2.23. The van der Waals surface area contributed by atoms with Gasteiger partial charge in [-0.05, 0) is 36.2 Å². The molecule has 0 radical (unpaired) electrons. The van der Waals surface area contributed by atoms with Crippen molar-refractivity contribution < 1.29 is 9.59 Å². The molecule has 0 spiro atoms. The van der Waals surface area contributed by atoms with Gasteiger partial charge in [0.15, 0.2) is 0 Å². The van der Waals surface area contributed by atoms with Crippen LogP contribution in [0.1, 0.15) is 24.0 Å². The third kappa shape index (κ3) is 4.35. The second-order valence-electron chi connectivity index (χ2n) is 7.51. The van der Waals surface area contributed by atoms with Crippen LogP contribution in [0.3, 0.4) is 0 Å². The van der Waals surface area contributed by atoms with Gasteiger partial charge < -0.3 is 20.0 Å². The highest BCUT2D eigenvalue weighted by atomic mass is 16.2. The molecule has 0 bridgehead atoms. The third-order valence-corrected chi connectivity index (χ3v) is 5.52. The van der Waals surface area contributed by atoms with Gasteiger partial charge in [0.2, 0.25) is 5.91 Å². The number of hydrogen-bond donors (Lipinski definition) is 1. The number of nitrogens with zero attached hydrogens (tertiary/aromatic N) is 5. The third-order valence-electron chi connectivity index (χ3n) is 5.52. The Morgan fingerprint density at radius 1 is 1.10 bits per heavy atom. The van der Waals surface area contributed by atoms with Gasteiger partial charge in [0.1, 0.15) is 11.9 Å². The van der Waals surface area contributed by atoms with Crippen LogP contribution in [0, 0.1) is 11.3 Å². The molecule has 2 aliphatic rings. The van der Waals surface area contributed by atoms with Gasteiger partial charge in [-0.2, -0.15) is 5.26 Å². The van der Waals surface area contributed by atoms with E-state index in [9.17, 15) is 14.9 Å². The molecule has 1 aromatic heterocycles. The predicted molar refractivity (Wildman–Crippen MR) is 113 cm³/mol. The zero-order valence-electron chi connectivity index (χ0n) is 16.8. The van der Waals surface area contributed by atoms with Crippen molar-refractivity contribution in [1.82, 2.24) is 14.8 Å². The molecule has 4 rings (SSSR count). The number of carbonyl (C=O) groups is 2. The van der Waals surface area contributed by atoms with Gasteiger partial charge in [0.25, 0.3) is 0 Å². The summed E-state index contributed by atoms with van der Waals surface area (Å²) in [6.45, 7) is 3.81. The minimum absolute atomic E-state index is 0.140. The number of anilines is 2. The van der Waals surface area contributed by atoms with Crippen molar-refractivity contribution >= 4 is 23.4 Å². The maximum atomic E-state index is 12.6. The molecule has 0 unspecified atom stereocenters. The molecular formula is C22H24N6O2. The molecule has 2 fully saturated rings. The number of urea groups is 1. The summed E-state index contributed by atoms with van der Waals surface area (Å²) < 4.78 is 0. The van der Waals surface area contributed by atoms with Crippen LogP contribution in [0.4, 0.5) is 16.3 Å². The van der Waals surface area contributed by atoms with Crippen LogP contribution < -0.4 is 10.2 Å². The standard InChI is InChI=1S/C22H24N6O2/c23-15-18-3-1-9-24-21(18)26-11-13-27(14-12-26)22(30)25-19-7-5-17(6-8-19)16-28-10-2-4-20(28)29/h1,3,5-9H,2,4,10-14,16H2,(H,25,30). The first-order chi connectivity index (χ1) is 14.6. The number of rotatable bonds is 4. The summed E-state index contributed by atoms with van der Waals surface area (Å²) in [6.07, 6.45) is 3.25. The lowest BCUT2D eigenvalue weighted by molar-refractivity contribution is -0.128. The van der Waals surface area contributed by atoms with Crippen LogP contribution in [0.2, 0.25) is 0 Å². The van der Waals surface area contributed by atoms with Crippen LogP contribution >= 0.6 is 0 Å². The predicted octanol–water partition coefficient (Wildman–Crippen LogP) is 2.43. The van der Waals surface area contributed by atoms with E-state index in [1.54, 1.807) is 23.2 Å². The summed E-state index contributed by atoms with van der Waals surface area (Å²) >= 11 is 0. The molecule has 154 valence electrons. The number of pyridine rings is 1. The number of nitrogens with one attached hydrogen (secondary N) is 1. The summed E-state index contributed by atoms with van der Waals surface area (Å²) in [7, 11) is 0. The number of likely N-dealkylation sites (tertiary alicyclic amines) is 1. The Morgan fingerprint density at radius 3 is 2.53 bits per heavy atom. The van der Waals surface area contributed by atoms with E-state index in [1.165, 1.54) is 0 Å². The average molecular weight is 404 g/mol. The summed E-state index contributed by atoms with van der Waals surface area (Å²) in [5.74, 6) is 0.881. The smallest absolute Gasteiger partial charge is 0.321 e. The number of aromatic nitrogens is 1. The van der Waals surface area contributed by atoms with Crippen LogP contribution in [0.25, 0.3) is 0 Å². The zero-order chi connectivity index (χ0) is 20.9. The molecule has 3 amide bonds. The van der Waals surface area contributed by atoms with E-state index in [-0.39, 0.29) is 11.9 Å². The Hall–Kier alpha value is -3.60. The fraction of sp³-hybridized carbons (Fsp3) is 0.364. The molecule has 1 aromatic carbocycles. The lowest BCUT2D eigenvalue weighted by Gasteiger charge is -2.35. The molecule has 3 heterocycles. The van der Waals surface area contributed by atoms with Crippen molar-refractivity contribution in [3.8, 4) is 6.07 Å². The normalized spacial score (nSPS) is 16.5. The van der Waals surface area contributed by atoms with E-state index < -0.39 is 0 Å². The minimum Gasteiger partial charge on any atom is -0.352 e. The summed E-state index contributed by atoms with van der Waals surface area (Å²) in [6, 6.07) is 13.2. The van der Waals surface area contributed by atoms with E-state index in [4.69, 9.17) is 0 Å². The van der Waals surface area contributed by atoms with Gasteiger partial charge in [-0.25, -0.2) is 9.78 Å². The Bertz CT molecular complexity index is 960. The molecule has 8 nitrogen and oxygen atoms in total. The van der Waals surface area contributed by atoms with E-state index in [0.717, 1.165) is 24.2 Å². The first kappa shape index (κ1) is 19.7. The van der Waals surface area contributed by atoms with E-state index in [1.807, 2.05) is 34.1 Å². The molecule has 1 N–H and O–H groups in total. The molecular weight excluding hydrogens is 380 g/mol. The Morgan fingerprint density at radius 2 is 1.87 bits per heavy atom. The van der Waals surface area contributed by atoms with Crippen molar-refractivity contribution in [3.05, 3.63) is 53.7 Å². The fourth-order valence-electron chi connectivity index (χ4n) is 3.85. The molecule has 8 heteroatoms. The Kier molecular flexibility index (Phi) is 5.80. The second-order valence-corrected chi connectivity index (χ2v) is 7.51. The first-order valence-corrected chi connectivity index (χ1v) is 10.2. The van der Waals surface area contributed by atoms with Gasteiger partial charge in [0.05, 0.1) is 5.56 Å². The number of piperazine rings is 1. The second kappa shape index (κ2) is 8.82. The summed E-state index contributed by atoms with van der Waals surface area (Å²) in [5.41, 5.74) is 2.34. The zero-order valence-corrected chi connectivity index (χ0v) is 16.8. The van der Waals surface area contributed by atoms with Crippen LogP contribution in [0.5, 0.6) is 0 Å². The van der Waals surface area contributed by atoms with Crippen molar-refractivity contribution in [2.24, 2.45) is 0 Å². The van der Waals surface area contributed by atoms with Gasteiger partial charge in [0, 0.05) is 57.6 Å². The molecule has 0 aliphatic carbocycles. The van der Waals surface area contributed by atoms with Gasteiger partial charge in [-0.3, -0.25) is 4.79 Å². The number of hydrogen-bond acceptors (Lipinski definition) is 5. The van der Waals surface area contributed by atoms with Crippen LogP contribution in [0.15, 0.2) is 42.6 Å². The largest absolute Gasteiger partial charge is 0.352 e. The SMILES string of the molecule is N#Cc1cccnc1N1CCN(C(=O)Nc2ccc(CN3CCCC3=O)cc2)CC1. The average Bonchev–Trinajstić information content (AvgIpc) is 3.19. The van der Waals surface area contributed by atoms with Crippen LogP contribution in [-0.2, 0) is 11.3 Å². The maximum Gasteiger partial charge on any atom is 0.321 e. The van der Waals surface area contributed by atoms with Gasteiger partial charge in [-0.15, -0.1) is 0 Å². The molecule has 0 saturated carbocycles. The molecule has 30 heavy (non-hydrogen) atoms. The minimum atomic E-state index is -0.140. The highest BCUT2D eigenvalue weighted by Crippen LogP contribution is 2.19. The molecule has 2 aliphatic heterocycles. The summed E-state index contributed by atoms with van der Waals surface area (Å²) in [5, 5.41) is 12.2. The molecule has 2 saturated heterocycles. The monoisotopic (exact) mass is 404 g/mol. The summed E-state index contributed by atoms with van der Waals surface area (Å²) in [4.78, 5) is 34.4. The first-order valence-electron chi connectivity index (χ1n) is 10.2. The van der Waals surface area contributed by atoms with Gasteiger partial charge in [-0.1, -0.05) is 12.1 Å². The van der Waals surface area contributed by atoms with E-state index in [0.29, 0.717) is 50.5 Å². The lowest BCUT2D eigenvalue weighted by atomic mass is 10.2. The van der Waals surface area contributed by atoms with Crippen molar-refractivity contribution in [1.29, 1.82) is 5.26 Å². The lowest BCUT2D eigenvalue weighted by Crippen LogP contribution is -2.50. The van der Waals surface area contributed by atoms with Crippen LogP contribution in [-0.4, -0.2) is 59.4 Å². The number of amides is 3.